The number of nitrogens with one attached hydrogen (secondary N) is 1. The molecule has 0 amide bonds. The van der Waals surface area contributed by atoms with Gasteiger partial charge in [0, 0.05) is 38.1 Å². The molecule has 1 aromatic heterocycles. The van der Waals surface area contributed by atoms with Gasteiger partial charge in [-0.1, -0.05) is 6.08 Å². The zero-order valence-corrected chi connectivity index (χ0v) is 6.54. The van der Waals surface area contributed by atoms with Crippen LogP contribution in [-0.2, 0) is 7.05 Å². The van der Waals surface area contributed by atoms with Crippen LogP contribution in [-0.4, -0.2) is 22.6 Å². The number of nitrogens with zero attached hydrogens (tertiary/aromatic N) is 2. The first-order chi connectivity index (χ1) is 5.38. The molecule has 0 aliphatic carbocycles. The van der Waals surface area contributed by atoms with E-state index < -0.39 is 0 Å². The summed E-state index contributed by atoms with van der Waals surface area (Å²) in [5.74, 6) is 1.08. The Kier molecular flexibility index (Phi) is 1.51. The summed E-state index contributed by atoms with van der Waals surface area (Å²) >= 11 is 0. The summed E-state index contributed by atoms with van der Waals surface area (Å²) < 4.78 is 2.04. The van der Waals surface area contributed by atoms with Crippen molar-refractivity contribution in [2.24, 2.45) is 7.05 Å². The quantitative estimate of drug-likeness (QED) is 0.626. The lowest BCUT2D eigenvalue weighted by molar-refractivity contribution is 0.862. The van der Waals surface area contributed by atoms with Crippen LogP contribution in [0.3, 0.4) is 0 Å². The van der Waals surface area contributed by atoms with Crippen molar-refractivity contribution < 1.29 is 0 Å². The lowest BCUT2D eigenvalue weighted by Crippen LogP contribution is -2.09. The molecule has 2 rings (SSSR count). The molecule has 1 N–H and O–H groups in total. The van der Waals surface area contributed by atoms with Crippen molar-refractivity contribution in [1.82, 2.24) is 14.9 Å². The summed E-state index contributed by atoms with van der Waals surface area (Å²) in [6.45, 7) is 1.92. The molecule has 1 aliphatic heterocycles. The van der Waals surface area contributed by atoms with Gasteiger partial charge in [-0.25, -0.2) is 4.98 Å². The van der Waals surface area contributed by atoms with Crippen LogP contribution in [0.2, 0.25) is 0 Å². The minimum atomic E-state index is 0.949. The highest BCUT2D eigenvalue weighted by atomic mass is 15.0. The summed E-state index contributed by atoms with van der Waals surface area (Å²) in [6.07, 6.45) is 5.98. The topological polar surface area (TPSA) is 29.9 Å². The van der Waals surface area contributed by atoms with E-state index in [1.54, 1.807) is 0 Å². The summed E-state index contributed by atoms with van der Waals surface area (Å²) in [7, 11) is 2.02. The van der Waals surface area contributed by atoms with Crippen molar-refractivity contribution in [3.05, 3.63) is 24.3 Å². The second kappa shape index (κ2) is 2.51. The second-order valence-corrected chi connectivity index (χ2v) is 2.72. The second-order valence-electron chi connectivity index (χ2n) is 2.72. The van der Waals surface area contributed by atoms with E-state index in [2.05, 4.69) is 16.4 Å². The fraction of sp³-hybridized carbons (Fsp3) is 0.375. The molecule has 3 nitrogen and oxygen atoms in total. The summed E-state index contributed by atoms with van der Waals surface area (Å²) in [5.41, 5.74) is 1.30. The maximum Gasteiger partial charge on any atom is 0.136 e. The van der Waals surface area contributed by atoms with Crippen LogP contribution in [0.15, 0.2) is 18.5 Å². The molecule has 0 atom stereocenters. The van der Waals surface area contributed by atoms with Crippen LogP contribution in [0.4, 0.5) is 0 Å². The number of aromatic nitrogens is 2. The SMILES string of the molecule is Cn1ccnc1C1=CCNC1. The minimum Gasteiger partial charge on any atom is -0.334 e. The molecule has 0 aromatic carbocycles. The highest BCUT2D eigenvalue weighted by Gasteiger charge is 2.09. The average molecular weight is 149 g/mol. The average Bonchev–Trinajstić information content (AvgIpc) is 2.55. The lowest BCUT2D eigenvalue weighted by Gasteiger charge is -2.00. The molecule has 0 unspecified atom stereocenters. The van der Waals surface area contributed by atoms with Crippen LogP contribution in [0.5, 0.6) is 0 Å². The third kappa shape index (κ3) is 1.07. The fourth-order valence-corrected chi connectivity index (χ4v) is 1.32. The first-order valence-corrected chi connectivity index (χ1v) is 3.75. The Morgan fingerprint density at radius 1 is 1.64 bits per heavy atom. The van der Waals surface area contributed by atoms with Gasteiger partial charge in [-0.15, -0.1) is 0 Å². The Labute approximate surface area is 65.7 Å². The fourth-order valence-electron chi connectivity index (χ4n) is 1.32. The maximum atomic E-state index is 4.25. The van der Waals surface area contributed by atoms with Gasteiger partial charge in [0.25, 0.3) is 0 Å². The van der Waals surface area contributed by atoms with Gasteiger partial charge in [-0.05, 0) is 0 Å². The number of aryl methyl sites for hydroxylation is 1. The van der Waals surface area contributed by atoms with Gasteiger partial charge >= 0.3 is 0 Å². The molecule has 0 radical (unpaired) electrons. The highest BCUT2D eigenvalue weighted by molar-refractivity contribution is 5.63. The van der Waals surface area contributed by atoms with E-state index in [9.17, 15) is 0 Å². The molecule has 1 aromatic rings. The summed E-state index contributed by atoms with van der Waals surface area (Å²) in [5, 5.41) is 3.24. The minimum absolute atomic E-state index is 0.949. The van der Waals surface area contributed by atoms with E-state index in [1.807, 2.05) is 24.0 Å². The van der Waals surface area contributed by atoms with Crippen LogP contribution in [0.25, 0.3) is 5.57 Å². The molecule has 0 saturated heterocycles. The van der Waals surface area contributed by atoms with Gasteiger partial charge < -0.3 is 9.88 Å². The predicted octanol–water partition coefficient (Wildman–Crippen LogP) is 0.407. The van der Waals surface area contributed by atoms with Crippen LogP contribution in [0.1, 0.15) is 5.82 Å². The van der Waals surface area contributed by atoms with Gasteiger partial charge in [0.05, 0.1) is 0 Å². The van der Waals surface area contributed by atoms with Crippen LogP contribution >= 0.6 is 0 Å². The first-order valence-electron chi connectivity index (χ1n) is 3.75. The maximum absolute atomic E-state index is 4.25. The van der Waals surface area contributed by atoms with Crippen molar-refractivity contribution in [1.29, 1.82) is 0 Å². The van der Waals surface area contributed by atoms with Gasteiger partial charge in [0.1, 0.15) is 5.82 Å². The molecule has 58 valence electrons. The number of hydrogen-bond donors (Lipinski definition) is 1. The van der Waals surface area contributed by atoms with Crippen LogP contribution < -0.4 is 5.32 Å². The Bertz CT molecular complexity index is 285. The van der Waals surface area contributed by atoms with E-state index in [0.717, 1.165) is 18.9 Å². The Morgan fingerprint density at radius 2 is 2.55 bits per heavy atom. The van der Waals surface area contributed by atoms with Crippen molar-refractivity contribution >= 4 is 5.57 Å². The van der Waals surface area contributed by atoms with Crippen molar-refractivity contribution in [2.45, 2.75) is 0 Å². The van der Waals surface area contributed by atoms with E-state index >= 15 is 0 Å². The molecular weight excluding hydrogens is 138 g/mol. The lowest BCUT2D eigenvalue weighted by atomic mass is 10.3. The molecule has 2 heterocycles. The van der Waals surface area contributed by atoms with Crippen molar-refractivity contribution in [2.75, 3.05) is 13.1 Å². The molecule has 0 bridgehead atoms. The molecular formula is C8H11N3. The van der Waals surface area contributed by atoms with Gasteiger partial charge in [-0.3, -0.25) is 0 Å². The number of rotatable bonds is 1. The zero-order valence-electron chi connectivity index (χ0n) is 6.54. The van der Waals surface area contributed by atoms with E-state index in [1.165, 1.54) is 5.57 Å². The number of hydrogen-bond acceptors (Lipinski definition) is 2. The summed E-state index contributed by atoms with van der Waals surface area (Å²) in [4.78, 5) is 4.25. The molecule has 0 fully saturated rings. The third-order valence-electron chi connectivity index (χ3n) is 1.92. The zero-order chi connectivity index (χ0) is 7.68. The number of imidazole rings is 1. The van der Waals surface area contributed by atoms with Gasteiger partial charge in [0.2, 0.25) is 0 Å². The Hall–Kier alpha value is -1.09. The van der Waals surface area contributed by atoms with Crippen molar-refractivity contribution in [3.8, 4) is 0 Å². The Balaban J connectivity index is 2.35. The largest absolute Gasteiger partial charge is 0.334 e. The standard InChI is InChI=1S/C8H11N3/c1-11-5-4-10-8(11)7-2-3-9-6-7/h2,4-5,9H,3,6H2,1H3. The normalized spacial score (nSPS) is 17.0. The van der Waals surface area contributed by atoms with E-state index in [4.69, 9.17) is 0 Å². The molecule has 11 heavy (non-hydrogen) atoms. The third-order valence-corrected chi connectivity index (χ3v) is 1.92. The van der Waals surface area contributed by atoms with Crippen LogP contribution in [0, 0.1) is 0 Å². The molecule has 1 aliphatic rings. The summed E-state index contributed by atoms with van der Waals surface area (Å²) in [6, 6.07) is 0. The smallest absolute Gasteiger partial charge is 0.136 e. The first kappa shape index (κ1) is 6.61. The Morgan fingerprint density at radius 3 is 3.09 bits per heavy atom. The molecule has 0 spiro atoms. The van der Waals surface area contributed by atoms with Gasteiger partial charge in [0.15, 0.2) is 0 Å². The molecule has 3 heteroatoms. The predicted molar refractivity (Wildman–Crippen MR) is 44.1 cm³/mol. The van der Waals surface area contributed by atoms with E-state index in [0.29, 0.717) is 0 Å². The van der Waals surface area contributed by atoms with E-state index in [-0.39, 0.29) is 0 Å². The highest BCUT2D eigenvalue weighted by Crippen LogP contribution is 2.12. The monoisotopic (exact) mass is 149 g/mol. The van der Waals surface area contributed by atoms with Crippen molar-refractivity contribution in [3.63, 3.8) is 0 Å². The van der Waals surface area contributed by atoms with Gasteiger partial charge in [-0.2, -0.15) is 0 Å². The molecule has 0 saturated carbocycles.